The minimum atomic E-state index is -3.01. The second kappa shape index (κ2) is 10.4. The van der Waals surface area contributed by atoms with Crippen LogP contribution in [-0.4, -0.2) is 59.4 Å². The number of hydrogen-bond donors (Lipinski definition) is 0. The SMILES string of the molecule is O=C(c1ccc(Sc2ccccn2)cc1)N1CCN(C(=O)c2ccccc2OC(F)F)CC1. The number of hydrogen-bond acceptors (Lipinski definition) is 5. The fraction of sp³-hybridized carbons (Fsp3) is 0.208. The predicted octanol–water partition coefficient (Wildman–Crippen LogP) is 4.43. The lowest BCUT2D eigenvalue weighted by Crippen LogP contribution is -2.50. The van der Waals surface area contributed by atoms with E-state index in [0.29, 0.717) is 31.7 Å². The number of carbonyl (C=O) groups excluding carboxylic acids is 2. The molecule has 0 atom stereocenters. The highest BCUT2D eigenvalue weighted by atomic mass is 32.2. The Morgan fingerprint density at radius 1 is 0.848 bits per heavy atom. The Labute approximate surface area is 194 Å². The summed E-state index contributed by atoms with van der Waals surface area (Å²) in [5, 5.41) is 0.873. The van der Waals surface area contributed by atoms with Gasteiger partial charge in [0.05, 0.1) is 5.56 Å². The summed E-state index contributed by atoms with van der Waals surface area (Å²) < 4.78 is 29.8. The molecular formula is C24H21F2N3O3S. The molecule has 0 bridgehead atoms. The molecular weight excluding hydrogens is 448 g/mol. The third kappa shape index (κ3) is 5.67. The third-order valence-corrected chi connectivity index (χ3v) is 6.11. The number of benzene rings is 2. The van der Waals surface area contributed by atoms with Crippen molar-refractivity contribution in [3.8, 4) is 5.75 Å². The van der Waals surface area contributed by atoms with Crippen molar-refractivity contribution in [2.45, 2.75) is 16.5 Å². The molecule has 0 N–H and O–H groups in total. The Hall–Kier alpha value is -3.46. The number of ether oxygens (including phenoxy) is 1. The molecule has 33 heavy (non-hydrogen) atoms. The third-order valence-electron chi connectivity index (χ3n) is 5.15. The zero-order valence-electron chi connectivity index (χ0n) is 17.6. The molecule has 1 saturated heterocycles. The number of aromatic nitrogens is 1. The van der Waals surface area contributed by atoms with Gasteiger partial charge < -0.3 is 14.5 Å². The molecule has 0 unspecified atom stereocenters. The first-order chi connectivity index (χ1) is 16.0. The molecule has 2 amide bonds. The Kier molecular flexibility index (Phi) is 7.19. The van der Waals surface area contributed by atoms with E-state index >= 15 is 0 Å². The summed E-state index contributed by atoms with van der Waals surface area (Å²) in [6, 6.07) is 19.0. The van der Waals surface area contributed by atoms with Crippen molar-refractivity contribution in [3.05, 3.63) is 84.1 Å². The van der Waals surface area contributed by atoms with E-state index in [2.05, 4.69) is 9.72 Å². The standard InChI is InChI=1S/C24H21F2N3O3S/c25-24(26)32-20-6-2-1-5-19(20)23(31)29-15-13-28(14-16-29)22(30)17-8-10-18(11-9-17)33-21-7-3-4-12-27-21/h1-12,24H,13-16H2. The van der Waals surface area contributed by atoms with Crippen LogP contribution in [-0.2, 0) is 0 Å². The van der Waals surface area contributed by atoms with Gasteiger partial charge in [-0.2, -0.15) is 8.78 Å². The first kappa shape index (κ1) is 22.7. The molecule has 3 aromatic rings. The van der Waals surface area contributed by atoms with Gasteiger partial charge in [0.15, 0.2) is 0 Å². The Morgan fingerprint density at radius 3 is 2.12 bits per heavy atom. The largest absolute Gasteiger partial charge is 0.434 e. The van der Waals surface area contributed by atoms with Gasteiger partial charge in [-0.25, -0.2) is 4.98 Å². The van der Waals surface area contributed by atoms with Crippen molar-refractivity contribution in [1.82, 2.24) is 14.8 Å². The Morgan fingerprint density at radius 2 is 1.48 bits per heavy atom. The predicted molar refractivity (Wildman–Crippen MR) is 120 cm³/mol. The summed E-state index contributed by atoms with van der Waals surface area (Å²) in [5.41, 5.74) is 0.648. The molecule has 9 heteroatoms. The maximum absolute atomic E-state index is 12.9. The molecule has 1 aliphatic rings. The van der Waals surface area contributed by atoms with Gasteiger partial charge in [-0.3, -0.25) is 9.59 Å². The number of nitrogens with zero attached hydrogens (tertiary/aromatic N) is 3. The van der Waals surface area contributed by atoms with E-state index in [-0.39, 0.29) is 17.2 Å². The topological polar surface area (TPSA) is 62.7 Å². The van der Waals surface area contributed by atoms with Crippen molar-refractivity contribution >= 4 is 23.6 Å². The molecule has 1 fully saturated rings. The highest BCUT2D eigenvalue weighted by Gasteiger charge is 2.27. The molecule has 1 aromatic heterocycles. The molecule has 6 nitrogen and oxygen atoms in total. The molecule has 2 heterocycles. The smallest absolute Gasteiger partial charge is 0.387 e. The van der Waals surface area contributed by atoms with Crippen molar-refractivity contribution < 1.29 is 23.1 Å². The quantitative estimate of drug-likeness (QED) is 0.535. The molecule has 2 aromatic carbocycles. The fourth-order valence-electron chi connectivity index (χ4n) is 3.50. The zero-order chi connectivity index (χ0) is 23.2. The maximum atomic E-state index is 12.9. The second-order valence-electron chi connectivity index (χ2n) is 7.25. The highest BCUT2D eigenvalue weighted by Crippen LogP contribution is 2.26. The van der Waals surface area contributed by atoms with E-state index in [4.69, 9.17) is 0 Å². The summed E-state index contributed by atoms with van der Waals surface area (Å²) in [6.45, 7) is -1.69. The summed E-state index contributed by atoms with van der Waals surface area (Å²) in [4.78, 5) is 34.2. The highest BCUT2D eigenvalue weighted by molar-refractivity contribution is 7.99. The molecule has 0 saturated carbocycles. The summed E-state index contributed by atoms with van der Waals surface area (Å²) >= 11 is 1.51. The number of piperazine rings is 1. The van der Waals surface area contributed by atoms with Crippen molar-refractivity contribution in [1.29, 1.82) is 0 Å². The number of para-hydroxylation sites is 1. The normalized spacial score (nSPS) is 13.8. The van der Waals surface area contributed by atoms with Crippen LogP contribution in [0.3, 0.4) is 0 Å². The summed E-state index contributed by atoms with van der Waals surface area (Å²) in [5.74, 6) is -0.660. The summed E-state index contributed by atoms with van der Waals surface area (Å²) in [7, 11) is 0. The maximum Gasteiger partial charge on any atom is 0.387 e. The van der Waals surface area contributed by atoms with Crippen LogP contribution in [0.1, 0.15) is 20.7 Å². The van der Waals surface area contributed by atoms with Gasteiger partial charge in [0.2, 0.25) is 0 Å². The van der Waals surface area contributed by atoms with Crippen LogP contribution in [0.15, 0.2) is 82.8 Å². The van der Waals surface area contributed by atoms with Gasteiger partial charge >= 0.3 is 6.61 Å². The average molecular weight is 470 g/mol. The van der Waals surface area contributed by atoms with Crippen molar-refractivity contribution in [3.63, 3.8) is 0 Å². The average Bonchev–Trinajstić information content (AvgIpc) is 2.84. The number of alkyl halides is 2. The molecule has 0 radical (unpaired) electrons. The number of pyridine rings is 1. The van der Waals surface area contributed by atoms with Gasteiger partial charge in [0.25, 0.3) is 11.8 Å². The van der Waals surface area contributed by atoms with E-state index in [1.165, 1.54) is 30.0 Å². The summed E-state index contributed by atoms with van der Waals surface area (Å²) in [6.07, 6.45) is 1.73. The van der Waals surface area contributed by atoms with Gasteiger partial charge in [-0.15, -0.1) is 0 Å². The van der Waals surface area contributed by atoms with Gasteiger partial charge in [-0.1, -0.05) is 30.0 Å². The lowest BCUT2D eigenvalue weighted by molar-refractivity contribution is -0.0503. The van der Waals surface area contributed by atoms with Crippen LogP contribution in [0.2, 0.25) is 0 Å². The Balaban J connectivity index is 1.35. The monoisotopic (exact) mass is 469 g/mol. The minimum absolute atomic E-state index is 0.0820. The van der Waals surface area contributed by atoms with Crippen molar-refractivity contribution in [2.75, 3.05) is 26.2 Å². The lowest BCUT2D eigenvalue weighted by atomic mass is 10.1. The molecule has 0 spiro atoms. The van der Waals surface area contributed by atoms with Crippen LogP contribution >= 0.6 is 11.8 Å². The van der Waals surface area contributed by atoms with Crippen LogP contribution < -0.4 is 4.74 Å². The van der Waals surface area contributed by atoms with E-state index < -0.39 is 12.5 Å². The van der Waals surface area contributed by atoms with Gasteiger partial charge in [0, 0.05) is 42.8 Å². The van der Waals surface area contributed by atoms with Gasteiger partial charge in [-0.05, 0) is 48.5 Å². The zero-order valence-corrected chi connectivity index (χ0v) is 18.4. The number of amides is 2. The van der Waals surface area contributed by atoms with Crippen LogP contribution in [0.5, 0.6) is 5.75 Å². The number of rotatable bonds is 6. The van der Waals surface area contributed by atoms with Crippen LogP contribution in [0.4, 0.5) is 8.78 Å². The number of halogens is 2. The van der Waals surface area contributed by atoms with Crippen LogP contribution in [0, 0.1) is 0 Å². The first-order valence-electron chi connectivity index (χ1n) is 10.3. The number of carbonyl (C=O) groups is 2. The van der Waals surface area contributed by atoms with E-state index in [1.807, 2.05) is 30.3 Å². The van der Waals surface area contributed by atoms with Crippen LogP contribution in [0.25, 0.3) is 0 Å². The van der Waals surface area contributed by atoms with Gasteiger partial charge in [0.1, 0.15) is 10.8 Å². The van der Waals surface area contributed by atoms with E-state index in [0.717, 1.165) is 9.92 Å². The second-order valence-corrected chi connectivity index (χ2v) is 8.35. The molecule has 0 aliphatic carbocycles. The fourth-order valence-corrected chi connectivity index (χ4v) is 4.28. The van der Waals surface area contributed by atoms with Crippen molar-refractivity contribution in [2.24, 2.45) is 0 Å². The molecule has 1 aliphatic heterocycles. The molecule has 4 rings (SSSR count). The van der Waals surface area contributed by atoms with E-state index in [1.54, 1.807) is 34.2 Å². The first-order valence-corrected chi connectivity index (χ1v) is 11.1. The van der Waals surface area contributed by atoms with E-state index in [9.17, 15) is 18.4 Å². The lowest BCUT2D eigenvalue weighted by Gasteiger charge is -2.35. The molecule has 170 valence electrons. The Bertz CT molecular complexity index is 1110. The minimum Gasteiger partial charge on any atom is -0.434 e.